The summed E-state index contributed by atoms with van der Waals surface area (Å²) in [7, 11) is -4.75. The summed E-state index contributed by atoms with van der Waals surface area (Å²) in [5, 5.41) is 9.83. The molecule has 0 aromatic heterocycles. The van der Waals surface area contributed by atoms with Gasteiger partial charge in [-0.15, -0.1) is 0 Å². The maximum Gasteiger partial charge on any atom is 0.472 e. The highest BCUT2D eigenvalue weighted by molar-refractivity contribution is 7.47. The van der Waals surface area contributed by atoms with Gasteiger partial charge in [-0.2, -0.15) is 0 Å². The summed E-state index contributed by atoms with van der Waals surface area (Å²) in [6, 6.07) is 0. The second kappa shape index (κ2) is 58.3. The van der Waals surface area contributed by atoms with E-state index in [1.165, 1.54) is 141 Å². The van der Waals surface area contributed by atoms with E-state index in [-0.39, 0.29) is 25.9 Å². The van der Waals surface area contributed by atoms with Gasteiger partial charge in [-0.3, -0.25) is 23.4 Å². The summed E-state index contributed by atoms with van der Waals surface area (Å²) >= 11 is 0. The molecule has 0 radical (unpaired) electrons. The summed E-state index contributed by atoms with van der Waals surface area (Å²) < 4.78 is 39.6. The molecule has 0 aromatic carbocycles. The quantitative estimate of drug-likeness (QED) is 0.0197. The number of unbranched alkanes of at least 4 members (excludes halogenated alkanes) is 31. The summed E-state index contributed by atoms with van der Waals surface area (Å²) in [6.45, 7) is 4.54. The molecule has 3 atom stereocenters. The number of esters is 3. The summed E-state index contributed by atoms with van der Waals surface area (Å²) in [4.78, 5) is 48.7. The van der Waals surface area contributed by atoms with Gasteiger partial charge in [0.05, 0.1) is 19.8 Å². The minimum absolute atomic E-state index is 0.164. The van der Waals surface area contributed by atoms with Gasteiger partial charge in [0.2, 0.25) is 0 Å². The maximum atomic E-state index is 12.9. The molecular weight excluding hydrogens is 976 g/mol. The number of aliphatic hydroxyl groups is 1. The molecule has 0 heterocycles. The predicted octanol–water partition coefficient (Wildman–Crippen LogP) is 18.7. The highest BCUT2D eigenvalue weighted by atomic mass is 31.2. The maximum absolute atomic E-state index is 12.9. The molecule has 0 saturated heterocycles. The number of carbonyl (C=O) groups excluding carboxylic acids is 3. The first kappa shape index (κ1) is 73.2. The fourth-order valence-corrected chi connectivity index (χ4v) is 9.52. The van der Waals surface area contributed by atoms with Crippen LogP contribution in [0.5, 0.6) is 0 Å². The van der Waals surface area contributed by atoms with Crippen LogP contribution in [0.3, 0.4) is 0 Å². The molecule has 3 unspecified atom stereocenters. The number of ether oxygens (including phenoxy) is 3. The van der Waals surface area contributed by atoms with Crippen LogP contribution in [0.2, 0.25) is 0 Å². The molecule has 2 N–H and O–H groups in total. The number of phosphoric acid groups is 1. The third kappa shape index (κ3) is 55.9. The molecule has 12 heteroatoms. The smallest absolute Gasteiger partial charge is 0.462 e. The lowest BCUT2D eigenvalue weighted by atomic mass is 10.0. The normalized spacial score (nSPS) is 13.7. The van der Waals surface area contributed by atoms with Gasteiger partial charge in [0.15, 0.2) is 6.10 Å². The van der Waals surface area contributed by atoms with Crippen LogP contribution < -0.4 is 0 Å². The first-order valence-electron chi connectivity index (χ1n) is 31.2. The number of phosphoric ester groups is 1. The average Bonchev–Trinajstić information content (AvgIpc) is 3.41. The van der Waals surface area contributed by atoms with Crippen molar-refractivity contribution in [1.82, 2.24) is 0 Å². The van der Waals surface area contributed by atoms with Gasteiger partial charge in [0.25, 0.3) is 0 Å². The Balaban J connectivity index is 4.74. The molecule has 0 aliphatic carbocycles. The van der Waals surface area contributed by atoms with Crippen LogP contribution in [-0.4, -0.2) is 66.5 Å². The SMILES string of the molecule is CC/C=C\C/C=C\C/C=C\C/C=C\C/C=C\CCCCCC(=O)OCC(COP(=O)(O)OCC(CO)OC(=O)CCCCCCCCCCCCCCC)OC(=O)CCCCCCCCCCCCCCCCCCC. The molecule has 11 nitrogen and oxygen atoms in total. The second-order valence-electron chi connectivity index (χ2n) is 20.9. The largest absolute Gasteiger partial charge is 0.472 e. The minimum atomic E-state index is -4.75. The number of allylic oxidation sites excluding steroid dienone is 10. The summed E-state index contributed by atoms with van der Waals surface area (Å²) in [6.07, 6.45) is 64.6. The number of carbonyl (C=O) groups is 3. The Hall–Kier alpha value is -2.82. The van der Waals surface area contributed by atoms with E-state index in [4.69, 9.17) is 23.3 Å². The monoisotopic (exact) mass is 1090 g/mol. The van der Waals surface area contributed by atoms with Crippen molar-refractivity contribution in [3.63, 3.8) is 0 Å². The van der Waals surface area contributed by atoms with E-state index in [1.54, 1.807) is 0 Å². The first-order chi connectivity index (χ1) is 37.2. The first-order valence-corrected chi connectivity index (χ1v) is 32.7. The Morgan fingerprint density at radius 1 is 0.382 bits per heavy atom. The van der Waals surface area contributed by atoms with Crippen molar-refractivity contribution in [2.24, 2.45) is 0 Å². The molecular formula is C64H115O11P. The molecule has 0 aliphatic heterocycles. The third-order valence-electron chi connectivity index (χ3n) is 13.5. The van der Waals surface area contributed by atoms with E-state index in [0.29, 0.717) is 19.3 Å². The fourth-order valence-electron chi connectivity index (χ4n) is 8.74. The zero-order valence-corrected chi connectivity index (χ0v) is 49.9. The topological polar surface area (TPSA) is 155 Å². The van der Waals surface area contributed by atoms with Crippen LogP contribution in [0.25, 0.3) is 0 Å². The van der Waals surface area contributed by atoms with Gasteiger partial charge >= 0.3 is 25.7 Å². The van der Waals surface area contributed by atoms with Gasteiger partial charge in [-0.25, -0.2) is 4.57 Å². The minimum Gasteiger partial charge on any atom is -0.462 e. The molecule has 0 spiro atoms. The van der Waals surface area contributed by atoms with Crippen molar-refractivity contribution in [3.8, 4) is 0 Å². The lowest BCUT2D eigenvalue weighted by molar-refractivity contribution is -0.161. The van der Waals surface area contributed by atoms with Gasteiger partial charge in [0, 0.05) is 19.3 Å². The molecule has 0 aromatic rings. The van der Waals surface area contributed by atoms with E-state index in [0.717, 1.165) is 89.9 Å². The molecule has 0 fully saturated rings. The molecule has 0 aliphatic rings. The lowest BCUT2D eigenvalue weighted by Crippen LogP contribution is -2.30. The van der Waals surface area contributed by atoms with Crippen molar-refractivity contribution >= 4 is 25.7 Å². The van der Waals surface area contributed by atoms with Crippen LogP contribution in [-0.2, 0) is 42.2 Å². The number of aliphatic hydroxyl groups excluding tert-OH is 1. The third-order valence-corrected chi connectivity index (χ3v) is 14.4. The van der Waals surface area contributed by atoms with Crippen molar-refractivity contribution in [2.45, 2.75) is 303 Å². The molecule has 0 rings (SSSR count). The predicted molar refractivity (Wildman–Crippen MR) is 316 cm³/mol. The van der Waals surface area contributed by atoms with E-state index in [2.05, 4.69) is 81.5 Å². The second-order valence-corrected chi connectivity index (χ2v) is 22.3. The van der Waals surface area contributed by atoms with Gasteiger partial charge < -0.3 is 24.2 Å². The highest BCUT2D eigenvalue weighted by Gasteiger charge is 2.28. The van der Waals surface area contributed by atoms with Gasteiger partial charge in [-0.05, 0) is 64.2 Å². The Kier molecular flexibility index (Phi) is 56.2. The zero-order chi connectivity index (χ0) is 55.5. The lowest BCUT2D eigenvalue weighted by Gasteiger charge is -2.21. The van der Waals surface area contributed by atoms with E-state index in [1.807, 2.05) is 0 Å². The van der Waals surface area contributed by atoms with Crippen LogP contribution in [0.15, 0.2) is 60.8 Å². The van der Waals surface area contributed by atoms with Crippen molar-refractivity contribution in [3.05, 3.63) is 60.8 Å². The van der Waals surface area contributed by atoms with Gasteiger partial charge in [-0.1, -0.05) is 268 Å². The van der Waals surface area contributed by atoms with E-state index >= 15 is 0 Å². The van der Waals surface area contributed by atoms with Crippen LogP contribution in [0.4, 0.5) is 0 Å². The number of rotatable bonds is 58. The Bertz CT molecular complexity index is 1510. The van der Waals surface area contributed by atoms with Crippen molar-refractivity contribution < 1.29 is 52.2 Å². The number of hydrogen-bond donors (Lipinski definition) is 2. The Labute approximate surface area is 465 Å². The summed E-state index contributed by atoms with van der Waals surface area (Å²) in [5.41, 5.74) is 0. The molecule has 0 amide bonds. The molecule has 76 heavy (non-hydrogen) atoms. The summed E-state index contributed by atoms with van der Waals surface area (Å²) in [5.74, 6) is -1.48. The molecule has 0 bridgehead atoms. The number of hydrogen-bond acceptors (Lipinski definition) is 10. The molecule has 0 saturated carbocycles. The van der Waals surface area contributed by atoms with E-state index < -0.39 is 57.8 Å². The fraction of sp³-hybridized carbons (Fsp3) is 0.797. The highest BCUT2D eigenvalue weighted by Crippen LogP contribution is 2.43. The van der Waals surface area contributed by atoms with Crippen molar-refractivity contribution in [1.29, 1.82) is 0 Å². The Morgan fingerprint density at radius 2 is 0.684 bits per heavy atom. The average molecular weight is 1090 g/mol. The molecule has 442 valence electrons. The standard InChI is InChI=1S/C64H115O11P/c1-4-7-10-13-16-19-22-25-27-29-30-32-33-36-38-41-44-47-50-53-62(66)71-57-61(75-64(68)55-52-49-46-43-40-37-34-31-28-26-23-20-17-14-11-8-5-2)59-73-76(69,70)72-58-60(56-65)74-63(67)54-51-48-45-42-39-35-24-21-18-15-12-9-6-3/h7,10,16,19,25,27,30,32,36,38,60-61,65H,4-6,8-9,11-15,17-18,20-24,26,28-29,31,33-35,37,39-59H2,1-3H3,(H,69,70)/b10-7-,19-16-,27-25-,32-30-,38-36-. The Morgan fingerprint density at radius 3 is 1.05 bits per heavy atom. The zero-order valence-electron chi connectivity index (χ0n) is 49.0. The van der Waals surface area contributed by atoms with E-state index in [9.17, 15) is 28.9 Å². The van der Waals surface area contributed by atoms with Gasteiger partial charge in [0.1, 0.15) is 12.7 Å². The van der Waals surface area contributed by atoms with Crippen LogP contribution in [0, 0.1) is 0 Å². The van der Waals surface area contributed by atoms with Crippen LogP contribution >= 0.6 is 7.82 Å². The van der Waals surface area contributed by atoms with Crippen LogP contribution in [0.1, 0.15) is 290 Å². The van der Waals surface area contributed by atoms with Crippen molar-refractivity contribution in [2.75, 3.05) is 26.4 Å².